The fourth-order valence-corrected chi connectivity index (χ4v) is 1.96. The summed E-state index contributed by atoms with van der Waals surface area (Å²) in [6.45, 7) is 0. The van der Waals surface area contributed by atoms with Crippen LogP contribution in [0.5, 0.6) is 0 Å². The highest BCUT2D eigenvalue weighted by Gasteiger charge is 2.14. The van der Waals surface area contributed by atoms with Crippen molar-refractivity contribution in [2.24, 2.45) is 0 Å². The van der Waals surface area contributed by atoms with Crippen LogP contribution in [-0.2, 0) is 0 Å². The van der Waals surface area contributed by atoms with E-state index >= 15 is 0 Å². The van der Waals surface area contributed by atoms with Crippen molar-refractivity contribution in [1.29, 1.82) is 0 Å². The maximum absolute atomic E-state index is 11.7. The number of hydrogen-bond donors (Lipinski definition) is 0. The lowest BCUT2D eigenvalue weighted by Crippen LogP contribution is -2.07. The molecular formula is C12H9NO2S. The number of hydrogen-bond acceptors (Lipinski definition) is 4. The van der Waals surface area contributed by atoms with Crippen molar-refractivity contribution in [3.8, 4) is 0 Å². The van der Waals surface area contributed by atoms with Crippen molar-refractivity contribution >= 4 is 22.9 Å². The topological polar surface area (TPSA) is 47.0 Å². The fraction of sp³-hybridized carbons (Fsp3) is 0.0833. The summed E-state index contributed by atoms with van der Waals surface area (Å²) in [7, 11) is 0. The molecule has 2 aromatic heterocycles. The number of pyridine rings is 1. The van der Waals surface area contributed by atoms with E-state index in [9.17, 15) is 9.59 Å². The summed E-state index contributed by atoms with van der Waals surface area (Å²) in [5.74, 6) is -0.324. The minimum Gasteiger partial charge on any atom is -0.294 e. The van der Waals surface area contributed by atoms with Gasteiger partial charge in [-0.2, -0.15) is 0 Å². The van der Waals surface area contributed by atoms with Gasteiger partial charge in [-0.3, -0.25) is 14.6 Å². The van der Waals surface area contributed by atoms with E-state index in [0.29, 0.717) is 10.4 Å². The average molecular weight is 231 g/mol. The first-order chi connectivity index (χ1) is 7.77. The molecular weight excluding hydrogens is 222 g/mol. The van der Waals surface area contributed by atoms with Gasteiger partial charge in [0, 0.05) is 18.0 Å². The van der Waals surface area contributed by atoms with Crippen LogP contribution < -0.4 is 0 Å². The smallest absolute Gasteiger partial charge is 0.180 e. The molecule has 0 aliphatic rings. The van der Waals surface area contributed by atoms with Crippen LogP contribution in [0.1, 0.15) is 26.5 Å². The van der Waals surface area contributed by atoms with Crippen LogP contribution in [-0.4, -0.2) is 16.6 Å². The number of carbonyl (C=O) groups is 2. The predicted octanol–water partition coefficient (Wildman–Crippen LogP) is 2.60. The molecule has 0 unspecified atom stereocenters. The second-order valence-corrected chi connectivity index (χ2v) is 4.19. The molecule has 16 heavy (non-hydrogen) atoms. The normalized spacial score (nSPS) is 10.0. The van der Waals surface area contributed by atoms with Gasteiger partial charge in [-0.25, -0.2) is 0 Å². The van der Waals surface area contributed by atoms with Gasteiger partial charge in [0.1, 0.15) is 0 Å². The molecule has 2 heterocycles. The molecule has 0 amide bonds. The minimum absolute atomic E-state index is 0.0911. The van der Waals surface area contributed by atoms with E-state index in [4.69, 9.17) is 0 Å². The Hall–Kier alpha value is -1.81. The van der Waals surface area contributed by atoms with Gasteiger partial charge in [0.15, 0.2) is 11.6 Å². The molecule has 2 rings (SSSR count). The molecule has 2 aromatic rings. The first kappa shape index (κ1) is 10.7. The molecule has 3 nitrogen and oxygen atoms in total. The molecule has 0 radical (unpaired) electrons. The lowest BCUT2D eigenvalue weighted by Gasteiger charge is -1.98. The Morgan fingerprint density at radius 2 is 2.06 bits per heavy atom. The third-order valence-corrected chi connectivity index (χ3v) is 3.01. The van der Waals surface area contributed by atoms with Crippen molar-refractivity contribution in [2.75, 3.05) is 0 Å². The van der Waals surface area contributed by atoms with E-state index in [1.165, 1.54) is 17.5 Å². The molecule has 0 aromatic carbocycles. The molecule has 0 saturated heterocycles. The van der Waals surface area contributed by atoms with Crippen LogP contribution in [0.2, 0.25) is 0 Å². The summed E-state index contributed by atoms with van der Waals surface area (Å²) in [6, 6.07) is 6.87. The highest BCUT2D eigenvalue weighted by molar-refractivity contribution is 7.12. The third kappa shape index (κ3) is 2.41. The van der Waals surface area contributed by atoms with Crippen molar-refractivity contribution in [1.82, 2.24) is 4.98 Å². The SMILES string of the molecule is O=C(CC(=O)c1cccs1)c1cccnc1. The molecule has 0 bridgehead atoms. The fourth-order valence-electron chi connectivity index (χ4n) is 1.30. The largest absolute Gasteiger partial charge is 0.294 e. The number of thiophene rings is 1. The number of nitrogens with zero attached hydrogens (tertiary/aromatic N) is 1. The van der Waals surface area contributed by atoms with E-state index in [1.807, 2.05) is 5.38 Å². The highest BCUT2D eigenvalue weighted by atomic mass is 32.1. The first-order valence-electron chi connectivity index (χ1n) is 4.77. The van der Waals surface area contributed by atoms with Gasteiger partial charge in [-0.1, -0.05) is 6.07 Å². The average Bonchev–Trinajstić information content (AvgIpc) is 2.83. The van der Waals surface area contributed by atoms with E-state index in [-0.39, 0.29) is 18.0 Å². The van der Waals surface area contributed by atoms with Crippen molar-refractivity contribution in [2.45, 2.75) is 6.42 Å². The minimum atomic E-state index is -0.188. The first-order valence-corrected chi connectivity index (χ1v) is 5.65. The van der Waals surface area contributed by atoms with Gasteiger partial charge in [0.25, 0.3) is 0 Å². The zero-order valence-electron chi connectivity index (χ0n) is 8.42. The Morgan fingerprint density at radius 1 is 1.19 bits per heavy atom. The van der Waals surface area contributed by atoms with Crippen LogP contribution >= 0.6 is 11.3 Å². The van der Waals surface area contributed by atoms with Gasteiger partial charge in [-0.05, 0) is 23.6 Å². The predicted molar refractivity (Wildman–Crippen MR) is 61.8 cm³/mol. The molecule has 0 atom stereocenters. The van der Waals surface area contributed by atoms with Crippen LogP contribution in [0.25, 0.3) is 0 Å². The molecule has 0 spiro atoms. The molecule has 0 N–H and O–H groups in total. The van der Waals surface area contributed by atoms with E-state index in [0.717, 1.165) is 0 Å². The number of carbonyl (C=O) groups excluding carboxylic acids is 2. The third-order valence-electron chi connectivity index (χ3n) is 2.10. The zero-order chi connectivity index (χ0) is 11.4. The molecule has 0 saturated carbocycles. The molecule has 0 fully saturated rings. The van der Waals surface area contributed by atoms with E-state index < -0.39 is 0 Å². The number of ketones is 2. The van der Waals surface area contributed by atoms with Crippen LogP contribution in [0, 0.1) is 0 Å². The number of rotatable bonds is 4. The monoisotopic (exact) mass is 231 g/mol. The molecule has 4 heteroatoms. The van der Waals surface area contributed by atoms with Crippen molar-refractivity contribution < 1.29 is 9.59 Å². The number of aromatic nitrogens is 1. The van der Waals surface area contributed by atoms with Gasteiger partial charge in [-0.15, -0.1) is 11.3 Å². The Kier molecular flexibility index (Phi) is 3.22. The molecule has 80 valence electrons. The van der Waals surface area contributed by atoms with Gasteiger partial charge in [0.2, 0.25) is 0 Å². The Morgan fingerprint density at radius 3 is 2.69 bits per heavy atom. The maximum atomic E-state index is 11.7. The van der Waals surface area contributed by atoms with E-state index in [2.05, 4.69) is 4.98 Å². The summed E-state index contributed by atoms with van der Waals surface area (Å²) in [5.41, 5.74) is 0.479. The summed E-state index contributed by atoms with van der Waals surface area (Å²) < 4.78 is 0. The van der Waals surface area contributed by atoms with E-state index in [1.54, 1.807) is 30.5 Å². The Balaban J connectivity index is 2.06. The maximum Gasteiger partial charge on any atom is 0.180 e. The zero-order valence-corrected chi connectivity index (χ0v) is 9.24. The van der Waals surface area contributed by atoms with Crippen molar-refractivity contribution in [3.05, 3.63) is 52.5 Å². The summed E-state index contributed by atoms with van der Waals surface area (Å²) in [5, 5.41) is 1.82. The summed E-state index contributed by atoms with van der Waals surface area (Å²) >= 11 is 1.35. The number of Topliss-reactive ketones (excluding diaryl/α,β-unsaturated/α-hetero) is 2. The Bertz CT molecular complexity index is 491. The van der Waals surface area contributed by atoms with Gasteiger partial charge < -0.3 is 0 Å². The van der Waals surface area contributed by atoms with Crippen LogP contribution in [0.4, 0.5) is 0 Å². The van der Waals surface area contributed by atoms with Crippen LogP contribution in [0.15, 0.2) is 42.0 Å². The Labute approximate surface area is 96.8 Å². The molecule has 0 aliphatic carbocycles. The summed E-state index contributed by atoms with van der Waals surface area (Å²) in [4.78, 5) is 27.8. The van der Waals surface area contributed by atoms with Crippen LogP contribution in [0.3, 0.4) is 0 Å². The quantitative estimate of drug-likeness (QED) is 0.600. The summed E-state index contributed by atoms with van der Waals surface area (Å²) in [6.07, 6.45) is 2.98. The second-order valence-electron chi connectivity index (χ2n) is 3.24. The molecule has 0 aliphatic heterocycles. The lowest BCUT2D eigenvalue weighted by atomic mass is 10.1. The highest BCUT2D eigenvalue weighted by Crippen LogP contribution is 2.13. The van der Waals surface area contributed by atoms with Gasteiger partial charge >= 0.3 is 0 Å². The lowest BCUT2D eigenvalue weighted by molar-refractivity contribution is 0.0896. The van der Waals surface area contributed by atoms with Gasteiger partial charge in [0.05, 0.1) is 11.3 Å². The standard InChI is InChI=1S/C12H9NO2S/c14-10(9-3-1-5-13-8-9)7-11(15)12-4-2-6-16-12/h1-6,8H,7H2. The second kappa shape index (κ2) is 4.81. The van der Waals surface area contributed by atoms with Crippen molar-refractivity contribution in [3.63, 3.8) is 0 Å².